The van der Waals surface area contributed by atoms with Crippen molar-refractivity contribution in [2.45, 2.75) is 25.4 Å². The van der Waals surface area contributed by atoms with E-state index >= 15 is 0 Å². The van der Waals surface area contributed by atoms with E-state index in [0.29, 0.717) is 22.4 Å². The molecule has 1 aromatic rings. The third-order valence-electron chi connectivity index (χ3n) is 2.89. The van der Waals surface area contributed by atoms with Crippen molar-refractivity contribution in [2.75, 3.05) is 24.2 Å². The topological polar surface area (TPSA) is 60.2 Å². The second-order valence-corrected chi connectivity index (χ2v) is 5.26. The van der Waals surface area contributed by atoms with E-state index in [0.717, 1.165) is 19.4 Å². The Morgan fingerprint density at radius 3 is 2.94 bits per heavy atom. The van der Waals surface area contributed by atoms with Crippen LogP contribution in [0.4, 0.5) is 11.6 Å². The van der Waals surface area contributed by atoms with Crippen LogP contribution in [0.1, 0.15) is 19.8 Å². The Bertz CT molecular complexity index is 419. The SMILES string of the molecule is CC1(CNc2nc(N)c(Cl)cc2Cl)CCCO1. The first-order valence-electron chi connectivity index (χ1n) is 5.49. The summed E-state index contributed by atoms with van der Waals surface area (Å²) >= 11 is 11.8. The monoisotopic (exact) mass is 275 g/mol. The van der Waals surface area contributed by atoms with Crippen LogP contribution in [0.2, 0.25) is 10.0 Å². The van der Waals surface area contributed by atoms with E-state index in [9.17, 15) is 0 Å². The molecule has 1 atom stereocenters. The standard InChI is InChI=1S/C11H15Cl2N3O/c1-11(3-2-4-17-11)6-15-10-8(13)5-7(12)9(14)16-10/h5H,2-4,6H2,1H3,(H3,14,15,16). The largest absolute Gasteiger partial charge is 0.382 e. The molecule has 1 saturated heterocycles. The molecule has 1 aromatic heterocycles. The molecule has 1 fully saturated rings. The zero-order valence-corrected chi connectivity index (χ0v) is 11.1. The van der Waals surface area contributed by atoms with Crippen LogP contribution < -0.4 is 11.1 Å². The fourth-order valence-corrected chi connectivity index (χ4v) is 2.28. The first kappa shape index (κ1) is 12.7. The second-order valence-electron chi connectivity index (χ2n) is 4.44. The van der Waals surface area contributed by atoms with Crippen molar-refractivity contribution in [3.05, 3.63) is 16.1 Å². The lowest BCUT2D eigenvalue weighted by Crippen LogP contribution is -2.32. The lowest BCUT2D eigenvalue weighted by atomic mass is 10.0. The number of anilines is 2. The quantitative estimate of drug-likeness (QED) is 0.891. The summed E-state index contributed by atoms with van der Waals surface area (Å²) in [5, 5.41) is 3.99. The predicted octanol–water partition coefficient (Wildman–Crippen LogP) is 2.95. The van der Waals surface area contributed by atoms with Gasteiger partial charge in [0.15, 0.2) is 0 Å². The van der Waals surface area contributed by atoms with Crippen molar-refractivity contribution in [3.63, 3.8) is 0 Å². The van der Waals surface area contributed by atoms with Crippen LogP contribution in [-0.4, -0.2) is 23.7 Å². The van der Waals surface area contributed by atoms with Gasteiger partial charge in [-0.3, -0.25) is 0 Å². The predicted molar refractivity (Wildman–Crippen MR) is 70.8 cm³/mol. The highest BCUT2D eigenvalue weighted by Crippen LogP contribution is 2.29. The number of nitrogens with one attached hydrogen (secondary N) is 1. The molecule has 2 heterocycles. The molecule has 0 radical (unpaired) electrons. The maximum absolute atomic E-state index is 6.03. The molecule has 1 aliphatic heterocycles. The molecule has 2 rings (SSSR count). The maximum Gasteiger partial charge on any atom is 0.147 e. The first-order chi connectivity index (χ1) is 8.00. The number of nitrogens with two attached hydrogens (primary N) is 1. The van der Waals surface area contributed by atoms with Crippen molar-refractivity contribution < 1.29 is 4.74 Å². The molecule has 0 aromatic carbocycles. The molecule has 0 bridgehead atoms. The van der Waals surface area contributed by atoms with Gasteiger partial charge >= 0.3 is 0 Å². The number of aromatic nitrogens is 1. The van der Waals surface area contributed by atoms with Gasteiger partial charge in [0.05, 0.1) is 15.6 Å². The van der Waals surface area contributed by atoms with Gasteiger partial charge in [-0.1, -0.05) is 23.2 Å². The molecule has 94 valence electrons. The Morgan fingerprint density at radius 2 is 2.29 bits per heavy atom. The average molecular weight is 276 g/mol. The van der Waals surface area contributed by atoms with E-state index in [-0.39, 0.29) is 11.4 Å². The fourth-order valence-electron chi connectivity index (χ4n) is 1.85. The minimum Gasteiger partial charge on any atom is -0.382 e. The zero-order valence-electron chi connectivity index (χ0n) is 9.59. The summed E-state index contributed by atoms with van der Waals surface area (Å²) in [6, 6.07) is 1.59. The van der Waals surface area contributed by atoms with Crippen LogP contribution in [0.5, 0.6) is 0 Å². The summed E-state index contributed by atoms with van der Waals surface area (Å²) in [5.41, 5.74) is 5.48. The Kier molecular flexibility index (Phi) is 3.66. The van der Waals surface area contributed by atoms with Gasteiger partial charge in [-0.15, -0.1) is 0 Å². The summed E-state index contributed by atoms with van der Waals surface area (Å²) < 4.78 is 5.67. The van der Waals surface area contributed by atoms with Gasteiger partial charge in [0.25, 0.3) is 0 Å². The molecule has 6 heteroatoms. The van der Waals surface area contributed by atoms with E-state index in [1.807, 2.05) is 0 Å². The van der Waals surface area contributed by atoms with Crippen LogP contribution in [0.25, 0.3) is 0 Å². The van der Waals surface area contributed by atoms with E-state index in [2.05, 4.69) is 17.2 Å². The maximum atomic E-state index is 6.03. The summed E-state index contributed by atoms with van der Waals surface area (Å²) in [5.74, 6) is 0.821. The van der Waals surface area contributed by atoms with Crippen molar-refractivity contribution >= 4 is 34.8 Å². The van der Waals surface area contributed by atoms with Crippen LogP contribution in [0, 0.1) is 0 Å². The molecular weight excluding hydrogens is 261 g/mol. The number of hydrogen-bond donors (Lipinski definition) is 2. The van der Waals surface area contributed by atoms with Crippen molar-refractivity contribution in [2.24, 2.45) is 0 Å². The van der Waals surface area contributed by atoms with Crippen LogP contribution in [-0.2, 0) is 4.74 Å². The van der Waals surface area contributed by atoms with Crippen LogP contribution >= 0.6 is 23.2 Å². The normalized spacial score (nSPS) is 23.9. The molecule has 4 nitrogen and oxygen atoms in total. The van der Waals surface area contributed by atoms with Crippen LogP contribution in [0.3, 0.4) is 0 Å². The number of pyridine rings is 1. The van der Waals surface area contributed by atoms with E-state index in [4.69, 9.17) is 33.7 Å². The number of rotatable bonds is 3. The van der Waals surface area contributed by atoms with Crippen molar-refractivity contribution in [1.82, 2.24) is 4.98 Å². The smallest absolute Gasteiger partial charge is 0.147 e. The Balaban J connectivity index is 2.06. The molecule has 0 saturated carbocycles. The molecule has 0 spiro atoms. The average Bonchev–Trinajstić information content (AvgIpc) is 2.69. The number of ether oxygens (including phenoxy) is 1. The number of hydrogen-bond acceptors (Lipinski definition) is 4. The van der Waals surface area contributed by atoms with Gasteiger partial charge in [0.2, 0.25) is 0 Å². The van der Waals surface area contributed by atoms with Gasteiger partial charge in [-0.05, 0) is 25.8 Å². The Labute approximate surface area is 110 Å². The molecule has 0 aliphatic carbocycles. The molecule has 17 heavy (non-hydrogen) atoms. The number of nitrogen functional groups attached to an aromatic ring is 1. The molecular formula is C11H15Cl2N3O. The van der Waals surface area contributed by atoms with Crippen molar-refractivity contribution in [3.8, 4) is 0 Å². The number of halogens is 2. The molecule has 3 N–H and O–H groups in total. The minimum atomic E-state index is -0.153. The van der Waals surface area contributed by atoms with E-state index < -0.39 is 0 Å². The van der Waals surface area contributed by atoms with Gasteiger partial charge < -0.3 is 15.8 Å². The van der Waals surface area contributed by atoms with Gasteiger partial charge in [-0.25, -0.2) is 4.98 Å². The zero-order chi connectivity index (χ0) is 12.5. The number of nitrogens with zero attached hydrogens (tertiary/aromatic N) is 1. The second kappa shape index (κ2) is 4.88. The Hall–Kier alpha value is -0.710. The minimum absolute atomic E-state index is 0.153. The third kappa shape index (κ3) is 2.94. The lowest BCUT2D eigenvalue weighted by molar-refractivity contribution is 0.0315. The first-order valence-corrected chi connectivity index (χ1v) is 6.25. The van der Waals surface area contributed by atoms with Gasteiger partial charge in [0, 0.05) is 13.2 Å². The highest BCUT2D eigenvalue weighted by molar-refractivity contribution is 6.37. The summed E-state index contributed by atoms with van der Waals surface area (Å²) in [6.07, 6.45) is 2.11. The van der Waals surface area contributed by atoms with Gasteiger partial charge in [-0.2, -0.15) is 0 Å². The molecule has 1 aliphatic rings. The highest BCUT2D eigenvalue weighted by atomic mass is 35.5. The molecule has 0 amide bonds. The summed E-state index contributed by atoms with van der Waals surface area (Å²) in [7, 11) is 0. The fraction of sp³-hybridized carbons (Fsp3) is 0.545. The molecule has 1 unspecified atom stereocenters. The van der Waals surface area contributed by atoms with E-state index in [1.54, 1.807) is 6.07 Å². The van der Waals surface area contributed by atoms with Gasteiger partial charge in [0.1, 0.15) is 11.6 Å². The van der Waals surface area contributed by atoms with Crippen molar-refractivity contribution in [1.29, 1.82) is 0 Å². The van der Waals surface area contributed by atoms with E-state index in [1.165, 1.54) is 0 Å². The highest BCUT2D eigenvalue weighted by Gasteiger charge is 2.29. The third-order valence-corrected chi connectivity index (χ3v) is 3.48. The summed E-state index contributed by atoms with van der Waals surface area (Å²) in [6.45, 7) is 3.53. The van der Waals surface area contributed by atoms with Crippen LogP contribution in [0.15, 0.2) is 6.07 Å². The summed E-state index contributed by atoms with van der Waals surface area (Å²) in [4.78, 5) is 4.11. The lowest BCUT2D eigenvalue weighted by Gasteiger charge is -2.24. The Morgan fingerprint density at radius 1 is 1.53 bits per heavy atom.